The van der Waals surface area contributed by atoms with Gasteiger partial charge in [-0.1, -0.05) is 0 Å². The van der Waals surface area contributed by atoms with Crippen LogP contribution in [0.5, 0.6) is 0 Å². The summed E-state index contributed by atoms with van der Waals surface area (Å²) in [6, 6.07) is 1.76. The molecule has 0 saturated carbocycles. The van der Waals surface area contributed by atoms with E-state index in [-0.39, 0.29) is 11.8 Å². The third-order valence-electron chi connectivity index (χ3n) is 4.89. The van der Waals surface area contributed by atoms with Gasteiger partial charge in [0.05, 0.1) is 23.9 Å². The molecule has 4 rings (SSSR count). The molecule has 0 bridgehead atoms. The second kappa shape index (κ2) is 6.70. The maximum atomic E-state index is 12.6. The fourth-order valence-corrected chi connectivity index (χ4v) is 3.48. The first-order chi connectivity index (χ1) is 12.6. The number of piperidine rings is 1. The van der Waals surface area contributed by atoms with E-state index in [1.165, 1.54) is 0 Å². The van der Waals surface area contributed by atoms with Gasteiger partial charge < -0.3 is 9.47 Å². The molecule has 1 aliphatic heterocycles. The maximum Gasteiger partial charge on any atom is 0.274 e. The highest BCUT2D eigenvalue weighted by molar-refractivity contribution is 5.92. The number of imidazole rings is 1. The average Bonchev–Trinajstić information content (AvgIpc) is 3.29. The normalized spacial score (nSPS) is 15.4. The number of aryl methyl sites for hydroxylation is 2. The zero-order valence-electron chi connectivity index (χ0n) is 14.9. The topological polar surface area (TPSA) is 81.7 Å². The van der Waals surface area contributed by atoms with Crippen LogP contribution in [0.2, 0.25) is 0 Å². The van der Waals surface area contributed by atoms with Crippen LogP contribution in [0.15, 0.2) is 37.2 Å². The van der Waals surface area contributed by atoms with Crippen molar-refractivity contribution < 1.29 is 4.79 Å². The van der Waals surface area contributed by atoms with Crippen molar-refractivity contribution in [2.75, 3.05) is 13.1 Å². The number of carbonyl (C=O) groups excluding carboxylic acids is 1. The summed E-state index contributed by atoms with van der Waals surface area (Å²) in [5.74, 6) is 0.274. The van der Waals surface area contributed by atoms with Crippen molar-refractivity contribution in [3.8, 4) is 11.4 Å². The SMILES string of the molecule is Cn1ccc(C(=O)N2CCC(c3nccnc3-c3cncn3C)CC2)n1. The van der Waals surface area contributed by atoms with E-state index in [0.29, 0.717) is 18.8 Å². The Balaban J connectivity index is 1.51. The molecule has 3 aromatic rings. The summed E-state index contributed by atoms with van der Waals surface area (Å²) in [4.78, 5) is 27.8. The van der Waals surface area contributed by atoms with Crippen LogP contribution in [0.1, 0.15) is 34.9 Å². The van der Waals surface area contributed by atoms with Crippen molar-refractivity contribution in [3.05, 3.63) is 48.6 Å². The summed E-state index contributed by atoms with van der Waals surface area (Å²) in [5.41, 5.74) is 3.32. The number of amides is 1. The van der Waals surface area contributed by atoms with Gasteiger partial charge in [0.15, 0.2) is 0 Å². The van der Waals surface area contributed by atoms with Crippen molar-refractivity contribution in [2.45, 2.75) is 18.8 Å². The molecule has 0 aromatic carbocycles. The third-order valence-corrected chi connectivity index (χ3v) is 4.89. The molecular weight excluding hydrogens is 330 g/mol. The molecule has 3 aromatic heterocycles. The van der Waals surface area contributed by atoms with E-state index >= 15 is 0 Å². The Labute approximate surface area is 151 Å². The molecule has 8 heteroatoms. The van der Waals surface area contributed by atoms with Gasteiger partial charge in [-0.3, -0.25) is 19.4 Å². The number of rotatable bonds is 3. The Hall–Kier alpha value is -3.03. The van der Waals surface area contributed by atoms with E-state index in [1.807, 2.05) is 29.8 Å². The number of likely N-dealkylation sites (tertiary alicyclic amines) is 1. The van der Waals surface area contributed by atoms with Crippen LogP contribution in [0, 0.1) is 0 Å². The minimum atomic E-state index is -0.00458. The number of aromatic nitrogens is 6. The van der Waals surface area contributed by atoms with Crippen molar-refractivity contribution in [2.24, 2.45) is 14.1 Å². The van der Waals surface area contributed by atoms with Gasteiger partial charge in [-0.15, -0.1) is 0 Å². The smallest absolute Gasteiger partial charge is 0.274 e. The van der Waals surface area contributed by atoms with Crippen molar-refractivity contribution in [3.63, 3.8) is 0 Å². The standard InChI is InChI=1S/C18H21N7O/c1-23-12-19-11-15(23)17-16(20-6-7-21-17)13-3-9-25(10-4-13)18(26)14-5-8-24(2)22-14/h5-8,11-13H,3-4,9-10H2,1-2H3. The van der Waals surface area contributed by atoms with Crippen LogP contribution >= 0.6 is 0 Å². The molecule has 0 atom stereocenters. The van der Waals surface area contributed by atoms with Crippen molar-refractivity contribution in [1.29, 1.82) is 0 Å². The molecule has 0 unspecified atom stereocenters. The zero-order chi connectivity index (χ0) is 18.1. The fraction of sp³-hybridized carbons (Fsp3) is 0.389. The van der Waals surface area contributed by atoms with E-state index in [0.717, 1.165) is 29.9 Å². The third kappa shape index (κ3) is 2.98. The molecule has 4 heterocycles. The molecule has 1 saturated heterocycles. The highest BCUT2D eigenvalue weighted by Crippen LogP contribution is 2.32. The summed E-state index contributed by atoms with van der Waals surface area (Å²) < 4.78 is 3.60. The van der Waals surface area contributed by atoms with Crippen LogP contribution in [0.25, 0.3) is 11.4 Å². The zero-order valence-corrected chi connectivity index (χ0v) is 14.9. The quantitative estimate of drug-likeness (QED) is 0.716. The fourth-order valence-electron chi connectivity index (χ4n) is 3.48. The monoisotopic (exact) mass is 351 g/mol. The highest BCUT2D eigenvalue weighted by Gasteiger charge is 2.28. The summed E-state index contributed by atoms with van der Waals surface area (Å²) in [5, 5.41) is 4.21. The second-order valence-electron chi connectivity index (χ2n) is 6.62. The Morgan fingerprint density at radius 2 is 1.92 bits per heavy atom. The first kappa shape index (κ1) is 16.4. The highest BCUT2D eigenvalue weighted by atomic mass is 16.2. The first-order valence-electron chi connectivity index (χ1n) is 8.70. The summed E-state index contributed by atoms with van der Waals surface area (Å²) in [6.45, 7) is 1.39. The lowest BCUT2D eigenvalue weighted by Gasteiger charge is -2.31. The summed E-state index contributed by atoms with van der Waals surface area (Å²) >= 11 is 0. The number of hydrogen-bond acceptors (Lipinski definition) is 5. The van der Waals surface area contributed by atoms with Gasteiger partial charge in [0.25, 0.3) is 5.91 Å². The Kier molecular flexibility index (Phi) is 4.24. The minimum Gasteiger partial charge on any atom is -0.337 e. The molecular formula is C18H21N7O. The minimum absolute atomic E-state index is 0.00458. The second-order valence-corrected chi connectivity index (χ2v) is 6.62. The van der Waals surface area contributed by atoms with Gasteiger partial charge in [-0.05, 0) is 18.9 Å². The lowest BCUT2D eigenvalue weighted by atomic mass is 9.91. The predicted molar refractivity (Wildman–Crippen MR) is 95.3 cm³/mol. The van der Waals surface area contributed by atoms with Gasteiger partial charge in [0, 0.05) is 51.7 Å². The molecule has 8 nitrogen and oxygen atoms in total. The van der Waals surface area contributed by atoms with E-state index in [1.54, 1.807) is 35.7 Å². The van der Waals surface area contributed by atoms with Gasteiger partial charge in [0.2, 0.25) is 0 Å². The van der Waals surface area contributed by atoms with Crippen molar-refractivity contribution >= 4 is 5.91 Å². The average molecular weight is 351 g/mol. The molecule has 1 aliphatic rings. The molecule has 0 spiro atoms. The van der Waals surface area contributed by atoms with Crippen LogP contribution in [-0.4, -0.2) is 53.2 Å². The van der Waals surface area contributed by atoms with Gasteiger partial charge >= 0.3 is 0 Å². The van der Waals surface area contributed by atoms with Crippen LogP contribution in [0.4, 0.5) is 0 Å². The van der Waals surface area contributed by atoms with E-state index < -0.39 is 0 Å². The Bertz CT molecular complexity index is 921. The summed E-state index contributed by atoms with van der Waals surface area (Å²) in [6.07, 6.45) is 10.5. The Morgan fingerprint density at radius 1 is 1.15 bits per heavy atom. The lowest BCUT2D eigenvalue weighted by molar-refractivity contribution is 0.0705. The summed E-state index contributed by atoms with van der Waals surface area (Å²) in [7, 11) is 3.77. The van der Waals surface area contributed by atoms with Crippen LogP contribution in [-0.2, 0) is 14.1 Å². The van der Waals surface area contributed by atoms with Gasteiger partial charge in [0.1, 0.15) is 11.4 Å². The van der Waals surface area contributed by atoms with Crippen molar-refractivity contribution in [1.82, 2.24) is 34.2 Å². The van der Waals surface area contributed by atoms with Gasteiger partial charge in [-0.25, -0.2) is 4.98 Å². The predicted octanol–water partition coefficient (Wildman–Crippen LogP) is 1.63. The van der Waals surface area contributed by atoms with Crippen LogP contribution in [0.3, 0.4) is 0 Å². The van der Waals surface area contributed by atoms with Gasteiger partial charge in [-0.2, -0.15) is 5.10 Å². The molecule has 1 amide bonds. The number of carbonyl (C=O) groups is 1. The van der Waals surface area contributed by atoms with E-state index in [9.17, 15) is 4.79 Å². The molecule has 0 N–H and O–H groups in total. The maximum absolute atomic E-state index is 12.6. The molecule has 1 fully saturated rings. The number of nitrogens with zero attached hydrogens (tertiary/aromatic N) is 7. The van der Waals surface area contributed by atoms with E-state index in [4.69, 9.17) is 0 Å². The van der Waals surface area contributed by atoms with Crippen LogP contribution < -0.4 is 0 Å². The Morgan fingerprint density at radius 3 is 2.58 bits per heavy atom. The molecule has 0 aliphatic carbocycles. The largest absolute Gasteiger partial charge is 0.337 e. The molecule has 134 valence electrons. The molecule has 0 radical (unpaired) electrons. The lowest BCUT2D eigenvalue weighted by Crippen LogP contribution is -2.38. The number of hydrogen-bond donors (Lipinski definition) is 0. The van der Waals surface area contributed by atoms with E-state index in [2.05, 4.69) is 20.1 Å². The first-order valence-corrected chi connectivity index (χ1v) is 8.70. The molecule has 26 heavy (non-hydrogen) atoms.